The second-order valence-electron chi connectivity index (χ2n) is 4.52. The predicted molar refractivity (Wildman–Crippen MR) is 66.6 cm³/mol. The van der Waals surface area contributed by atoms with Gasteiger partial charge in [-0.25, -0.2) is 0 Å². The van der Waals surface area contributed by atoms with Crippen LogP contribution in [0.1, 0.15) is 11.1 Å². The van der Waals surface area contributed by atoms with Crippen LogP contribution in [0.5, 0.6) is 0 Å². The number of rotatable bonds is 2. The van der Waals surface area contributed by atoms with Gasteiger partial charge in [0.1, 0.15) is 0 Å². The van der Waals surface area contributed by atoms with Gasteiger partial charge in [-0.1, -0.05) is 48.0 Å². The van der Waals surface area contributed by atoms with E-state index in [-0.39, 0.29) is 0 Å². The molecule has 0 fully saturated rings. The minimum absolute atomic E-state index is 0.329. The summed E-state index contributed by atoms with van der Waals surface area (Å²) in [7, 11) is 0. The largest absolute Gasteiger partial charge is 0.458 e. The molecule has 20 heavy (non-hydrogen) atoms. The monoisotopic (exact) mass is 286 g/mol. The van der Waals surface area contributed by atoms with Crippen LogP contribution in [0.2, 0.25) is 0 Å². The molecule has 0 N–H and O–H groups in total. The van der Waals surface area contributed by atoms with E-state index in [0.717, 1.165) is 17.7 Å². The first-order valence-corrected chi connectivity index (χ1v) is 5.84. The van der Waals surface area contributed by atoms with Gasteiger partial charge in [-0.3, -0.25) is 0 Å². The molecule has 0 radical (unpaired) electrons. The third-order valence-electron chi connectivity index (χ3n) is 2.93. The second-order valence-corrected chi connectivity index (χ2v) is 4.52. The smallest absolute Gasteiger partial charge is 0.191 e. The maximum Gasteiger partial charge on any atom is 0.458 e. The second kappa shape index (κ2) is 4.89. The molecule has 5 heteroatoms. The molecule has 0 nitrogen and oxygen atoms in total. The van der Waals surface area contributed by atoms with E-state index in [1.54, 1.807) is 18.2 Å². The lowest BCUT2D eigenvalue weighted by Gasteiger charge is -2.20. The fraction of sp³-hybridized carbons (Fsp3) is 0.200. The highest BCUT2D eigenvalue weighted by molar-refractivity contribution is 5.65. The summed E-state index contributed by atoms with van der Waals surface area (Å²) >= 11 is 0. The zero-order valence-electron chi connectivity index (χ0n) is 10.5. The number of benzene rings is 2. The molecule has 2 aromatic rings. The average molecular weight is 286 g/mol. The lowest BCUT2D eigenvalue weighted by atomic mass is 9.99. The normalized spacial score (nSPS) is 12.5. The summed E-state index contributed by atoms with van der Waals surface area (Å²) in [6, 6.07) is 11.3. The van der Waals surface area contributed by atoms with Gasteiger partial charge in [0.05, 0.1) is 0 Å². The number of alkyl halides is 5. The molecule has 0 amide bonds. The van der Waals surface area contributed by atoms with Crippen LogP contribution in [0.3, 0.4) is 0 Å². The molecule has 0 bridgehead atoms. The molecule has 2 rings (SSSR count). The van der Waals surface area contributed by atoms with Crippen molar-refractivity contribution in [2.45, 2.75) is 19.0 Å². The topological polar surface area (TPSA) is 0 Å². The average Bonchev–Trinajstić information content (AvgIpc) is 2.37. The van der Waals surface area contributed by atoms with Crippen molar-refractivity contribution in [2.24, 2.45) is 0 Å². The van der Waals surface area contributed by atoms with E-state index in [0.29, 0.717) is 11.1 Å². The SMILES string of the molecule is Cc1cccc(-c2cccc(C(F)(F)C(F)(F)F)c2)c1. The summed E-state index contributed by atoms with van der Waals surface area (Å²) in [6.45, 7) is 1.82. The van der Waals surface area contributed by atoms with Gasteiger partial charge < -0.3 is 0 Å². The number of halogens is 5. The Kier molecular flexibility index (Phi) is 3.54. The standard InChI is InChI=1S/C15H11F5/c1-10-4-2-5-11(8-10)12-6-3-7-13(9-12)14(16,17)15(18,19)20/h2-9H,1H3. The summed E-state index contributed by atoms with van der Waals surface area (Å²) < 4.78 is 63.7. The molecule has 0 spiro atoms. The van der Waals surface area contributed by atoms with Crippen LogP contribution in [0.15, 0.2) is 48.5 Å². The van der Waals surface area contributed by atoms with E-state index in [2.05, 4.69) is 0 Å². The third kappa shape index (κ3) is 2.66. The lowest BCUT2D eigenvalue weighted by Crippen LogP contribution is -2.33. The van der Waals surface area contributed by atoms with Gasteiger partial charge >= 0.3 is 12.1 Å². The van der Waals surface area contributed by atoms with Crippen molar-refractivity contribution in [3.63, 3.8) is 0 Å². The molecular formula is C15H11F5. The molecule has 0 saturated carbocycles. The molecular weight excluding hydrogens is 275 g/mol. The summed E-state index contributed by atoms with van der Waals surface area (Å²) in [4.78, 5) is 0. The fourth-order valence-electron chi connectivity index (χ4n) is 1.88. The van der Waals surface area contributed by atoms with Crippen molar-refractivity contribution < 1.29 is 22.0 Å². The molecule has 0 aliphatic carbocycles. The summed E-state index contributed by atoms with van der Waals surface area (Å²) in [5.41, 5.74) is 0.777. The molecule has 0 atom stereocenters. The minimum atomic E-state index is -5.60. The number of hydrogen-bond acceptors (Lipinski definition) is 0. The van der Waals surface area contributed by atoms with Crippen molar-refractivity contribution in [3.8, 4) is 11.1 Å². The van der Waals surface area contributed by atoms with E-state index in [4.69, 9.17) is 0 Å². The first kappa shape index (κ1) is 14.5. The Labute approximate surface area is 112 Å². The molecule has 0 unspecified atom stereocenters. The lowest BCUT2D eigenvalue weighted by molar-refractivity contribution is -0.289. The highest BCUT2D eigenvalue weighted by Gasteiger charge is 2.58. The van der Waals surface area contributed by atoms with Crippen molar-refractivity contribution in [2.75, 3.05) is 0 Å². The van der Waals surface area contributed by atoms with Crippen molar-refractivity contribution in [1.82, 2.24) is 0 Å². The van der Waals surface area contributed by atoms with E-state index < -0.39 is 17.7 Å². The molecule has 0 aliphatic heterocycles. The van der Waals surface area contributed by atoms with E-state index in [1.165, 1.54) is 12.1 Å². The van der Waals surface area contributed by atoms with Gasteiger partial charge in [0, 0.05) is 5.56 Å². The Hall–Kier alpha value is -1.91. The zero-order chi connectivity index (χ0) is 15.0. The molecule has 0 saturated heterocycles. The fourth-order valence-corrected chi connectivity index (χ4v) is 1.88. The quantitative estimate of drug-likeness (QED) is 0.656. The maximum atomic E-state index is 13.3. The molecule has 0 heterocycles. The zero-order valence-corrected chi connectivity index (χ0v) is 10.5. The van der Waals surface area contributed by atoms with Gasteiger partial charge in [0.25, 0.3) is 0 Å². The van der Waals surface area contributed by atoms with Crippen LogP contribution in [0, 0.1) is 6.92 Å². The Morgan fingerprint density at radius 1 is 0.750 bits per heavy atom. The van der Waals surface area contributed by atoms with Gasteiger partial charge in [0.2, 0.25) is 0 Å². The van der Waals surface area contributed by atoms with Gasteiger partial charge in [-0.15, -0.1) is 0 Å². The number of hydrogen-bond donors (Lipinski definition) is 0. The molecule has 106 valence electrons. The van der Waals surface area contributed by atoms with Crippen LogP contribution in [0.4, 0.5) is 22.0 Å². The molecule has 0 aliphatic rings. The van der Waals surface area contributed by atoms with Crippen LogP contribution in [-0.2, 0) is 5.92 Å². The Balaban J connectivity index is 2.49. The highest BCUT2D eigenvalue weighted by atomic mass is 19.4. The van der Waals surface area contributed by atoms with Crippen LogP contribution in [-0.4, -0.2) is 6.18 Å². The Morgan fingerprint density at radius 2 is 1.30 bits per heavy atom. The first-order valence-electron chi connectivity index (χ1n) is 5.84. The Morgan fingerprint density at radius 3 is 1.85 bits per heavy atom. The molecule has 0 aromatic heterocycles. The van der Waals surface area contributed by atoms with Gasteiger partial charge in [0.15, 0.2) is 0 Å². The highest BCUT2D eigenvalue weighted by Crippen LogP contribution is 2.44. The first-order chi connectivity index (χ1) is 9.22. The van der Waals surface area contributed by atoms with Crippen LogP contribution >= 0.6 is 0 Å². The van der Waals surface area contributed by atoms with E-state index >= 15 is 0 Å². The third-order valence-corrected chi connectivity index (χ3v) is 2.93. The van der Waals surface area contributed by atoms with E-state index in [9.17, 15) is 22.0 Å². The minimum Gasteiger partial charge on any atom is -0.191 e. The Bertz CT molecular complexity index is 614. The van der Waals surface area contributed by atoms with E-state index in [1.807, 2.05) is 13.0 Å². The number of aryl methyl sites for hydroxylation is 1. The summed E-state index contributed by atoms with van der Waals surface area (Å²) in [5.74, 6) is -4.85. The van der Waals surface area contributed by atoms with Crippen molar-refractivity contribution >= 4 is 0 Å². The summed E-state index contributed by atoms with van der Waals surface area (Å²) in [6.07, 6.45) is -5.60. The summed E-state index contributed by atoms with van der Waals surface area (Å²) in [5, 5.41) is 0. The molecule has 2 aromatic carbocycles. The van der Waals surface area contributed by atoms with Crippen molar-refractivity contribution in [3.05, 3.63) is 59.7 Å². The predicted octanol–water partition coefficient (Wildman–Crippen LogP) is 5.32. The maximum absolute atomic E-state index is 13.3. The van der Waals surface area contributed by atoms with Crippen molar-refractivity contribution in [1.29, 1.82) is 0 Å². The van der Waals surface area contributed by atoms with Gasteiger partial charge in [-0.05, 0) is 24.1 Å². The van der Waals surface area contributed by atoms with Gasteiger partial charge in [-0.2, -0.15) is 22.0 Å². The van der Waals surface area contributed by atoms with Crippen LogP contribution < -0.4 is 0 Å². The van der Waals surface area contributed by atoms with Crippen LogP contribution in [0.25, 0.3) is 11.1 Å².